The van der Waals surface area contributed by atoms with Gasteiger partial charge in [0.25, 0.3) is 0 Å². The van der Waals surface area contributed by atoms with Crippen LogP contribution in [-0.4, -0.2) is 11.5 Å². The second kappa shape index (κ2) is 7.37. The van der Waals surface area contributed by atoms with E-state index >= 15 is 0 Å². The maximum atomic E-state index is 11.8. The Morgan fingerprint density at radius 1 is 0.947 bits per heavy atom. The zero-order chi connectivity index (χ0) is 13.5. The van der Waals surface area contributed by atoms with Gasteiger partial charge >= 0.3 is 0 Å². The lowest BCUT2D eigenvalue weighted by Gasteiger charge is -2.02. The fourth-order valence-electron chi connectivity index (χ4n) is 1.74. The molecule has 0 bridgehead atoms. The van der Waals surface area contributed by atoms with Gasteiger partial charge < -0.3 is 0 Å². The fraction of sp³-hybridized carbons (Fsp3) is 0.188. The molecule has 0 N–H and O–H groups in total. The highest BCUT2D eigenvalue weighted by Crippen LogP contribution is 2.16. The van der Waals surface area contributed by atoms with Crippen molar-refractivity contribution < 1.29 is 4.79 Å². The van der Waals surface area contributed by atoms with Crippen LogP contribution in [0.1, 0.15) is 11.1 Å². The van der Waals surface area contributed by atoms with Crippen LogP contribution in [0.5, 0.6) is 0 Å². The second-order valence-corrected chi connectivity index (χ2v) is 5.74. The lowest BCUT2D eigenvalue weighted by molar-refractivity contribution is -0.116. The standard InChI is InChI=1S/C16H15ClOS/c17-15-8-6-14(7-9-15)11-19-12-16(18)10-13-4-2-1-3-5-13/h1-9H,10-12H2. The van der Waals surface area contributed by atoms with Crippen molar-refractivity contribution in [2.75, 3.05) is 5.75 Å². The Labute approximate surface area is 123 Å². The number of halogens is 1. The van der Waals surface area contributed by atoms with Crippen LogP contribution in [0.4, 0.5) is 0 Å². The first-order chi connectivity index (χ1) is 9.24. The highest BCUT2D eigenvalue weighted by molar-refractivity contribution is 7.99. The summed E-state index contributed by atoms with van der Waals surface area (Å²) in [4.78, 5) is 11.8. The Hall–Kier alpha value is -1.25. The molecule has 0 saturated carbocycles. The lowest BCUT2D eigenvalue weighted by atomic mass is 10.1. The van der Waals surface area contributed by atoms with Crippen LogP contribution in [0.15, 0.2) is 54.6 Å². The summed E-state index contributed by atoms with van der Waals surface area (Å²) in [6.45, 7) is 0. The molecule has 3 heteroatoms. The molecule has 19 heavy (non-hydrogen) atoms. The van der Waals surface area contributed by atoms with Gasteiger partial charge in [-0.2, -0.15) is 0 Å². The molecule has 98 valence electrons. The largest absolute Gasteiger partial charge is 0.298 e. The van der Waals surface area contributed by atoms with E-state index < -0.39 is 0 Å². The van der Waals surface area contributed by atoms with E-state index in [-0.39, 0.29) is 5.78 Å². The molecule has 0 aromatic heterocycles. The Morgan fingerprint density at radius 3 is 2.32 bits per heavy atom. The van der Waals surface area contributed by atoms with Gasteiger partial charge in [0.15, 0.2) is 0 Å². The van der Waals surface area contributed by atoms with Crippen LogP contribution in [0.3, 0.4) is 0 Å². The van der Waals surface area contributed by atoms with Gasteiger partial charge in [-0.15, -0.1) is 11.8 Å². The number of thioether (sulfide) groups is 1. The molecule has 0 aliphatic heterocycles. The summed E-state index contributed by atoms with van der Waals surface area (Å²) in [5, 5.41) is 0.744. The maximum absolute atomic E-state index is 11.8. The van der Waals surface area contributed by atoms with Gasteiger partial charge in [0, 0.05) is 17.2 Å². The van der Waals surface area contributed by atoms with Gasteiger partial charge in [-0.25, -0.2) is 0 Å². The molecule has 0 spiro atoms. The molecule has 2 aromatic carbocycles. The van der Waals surface area contributed by atoms with E-state index in [2.05, 4.69) is 0 Å². The Morgan fingerprint density at radius 2 is 1.63 bits per heavy atom. The van der Waals surface area contributed by atoms with E-state index in [0.717, 1.165) is 16.3 Å². The van der Waals surface area contributed by atoms with E-state index in [0.29, 0.717) is 12.2 Å². The molecule has 0 heterocycles. The summed E-state index contributed by atoms with van der Waals surface area (Å²) in [6, 6.07) is 17.6. The monoisotopic (exact) mass is 290 g/mol. The molecule has 0 fully saturated rings. The number of carbonyl (C=O) groups excluding carboxylic acids is 1. The molecule has 0 unspecified atom stereocenters. The summed E-state index contributed by atoms with van der Waals surface area (Å²) in [7, 11) is 0. The minimum absolute atomic E-state index is 0.269. The highest BCUT2D eigenvalue weighted by atomic mass is 35.5. The number of benzene rings is 2. The van der Waals surface area contributed by atoms with Crippen LogP contribution < -0.4 is 0 Å². The van der Waals surface area contributed by atoms with Crippen LogP contribution in [0.25, 0.3) is 0 Å². The predicted molar refractivity (Wildman–Crippen MR) is 82.8 cm³/mol. The van der Waals surface area contributed by atoms with E-state index in [1.165, 1.54) is 5.56 Å². The number of Topliss-reactive ketones (excluding diaryl/α,β-unsaturated/α-hetero) is 1. The van der Waals surface area contributed by atoms with E-state index in [4.69, 9.17) is 11.6 Å². The van der Waals surface area contributed by atoms with Gasteiger partial charge in [-0.1, -0.05) is 54.1 Å². The van der Waals surface area contributed by atoms with E-state index in [1.807, 2.05) is 54.6 Å². The Bertz CT molecular complexity index is 522. The smallest absolute Gasteiger partial charge is 0.147 e. The van der Waals surface area contributed by atoms with Gasteiger partial charge in [-0.3, -0.25) is 4.79 Å². The van der Waals surface area contributed by atoms with Gasteiger partial charge in [-0.05, 0) is 23.3 Å². The van der Waals surface area contributed by atoms with Crippen molar-refractivity contribution in [3.8, 4) is 0 Å². The average Bonchev–Trinajstić information content (AvgIpc) is 2.42. The molecule has 0 radical (unpaired) electrons. The maximum Gasteiger partial charge on any atom is 0.147 e. The topological polar surface area (TPSA) is 17.1 Å². The quantitative estimate of drug-likeness (QED) is 0.785. The third kappa shape index (κ3) is 5.09. The van der Waals surface area contributed by atoms with Crippen molar-refractivity contribution in [2.24, 2.45) is 0 Å². The minimum Gasteiger partial charge on any atom is -0.298 e. The number of rotatable bonds is 6. The second-order valence-electron chi connectivity index (χ2n) is 4.32. The van der Waals surface area contributed by atoms with Crippen LogP contribution >= 0.6 is 23.4 Å². The van der Waals surface area contributed by atoms with Gasteiger partial charge in [0.05, 0.1) is 5.75 Å². The third-order valence-electron chi connectivity index (χ3n) is 2.69. The summed E-state index contributed by atoms with van der Waals surface area (Å²) in [5.74, 6) is 1.67. The van der Waals surface area contributed by atoms with Crippen molar-refractivity contribution in [1.82, 2.24) is 0 Å². The SMILES string of the molecule is O=C(CSCc1ccc(Cl)cc1)Cc1ccccc1. The Kier molecular flexibility index (Phi) is 5.49. The first-order valence-electron chi connectivity index (χ1n) is 6.12. The number of carbonyl (C=O) groups is 1. The molecule has 0 saturated heterocycles. The molecule has 1 nitrogen and oxygen atoms in total. The number of hydrogen-bond acceptors (Lipinski definition) is 2. The zero-order valence-corrected chi connectivity index (χ0v) is 12.1. The Balaban J connectivity index is 1.74. The van der Waals surface area contributed by atoms with Crippen LogP contribution in [-0.2, 0) is 17.0 Å². The molecule has 2 aromatic rings. The summed E-state index contributed by atoms with van der Waals surface area (Å²) in [5.41, 5.74) is 2.28. The van der Waals surface area contributed by atoms with Crippen LogP contribution in [0.2, 0.25) is 5.02 Å². The third-order valence-corrected chi connectivity index (χ3v) is 4.00. The molecule has 0 aliphatic rings. The normalized spacial score (nSPS) is 10.4. The van der Waals surface area contributed by atoms with Crippen molar-refractivity contribution in [3.63, 3.8) is 0 Å². The predicted octanol–water partition coefficient (Wildman–Crippen LogP) is 4.39. The number of hydrogen-bond donors (Lipinski definition) is 0. The summed E-state index contributed by atoms with van der Waals surface area (Å²) >= 11 is 7.47. The molecular weight excluding hydrogens is 276 g/mol. The van der Waals surface area contributed by atoms with E-state index in [1.54, 1.807) is 11.8 Å². The number of ketones is 1. The zero-order valence-electron chi connectivity index (χ0n) is 10.5. The lowest BCUT2D eigenvalue weighted by Crippen LogP contribution is -2.05. The molecule has 0 atom stereocenters. The molecule has 0 amide bonds. The molecular formula is C16H15ClOS. The summed E-state index contributed by atoms with van der Waals surface area (Å²) in [6.07, 6.45) is 0.522. The van der Waals surface area contributed by atoms with Crippen LogP contribution in [0, 0.1) is 0 Å². The average molecular weight is 291 g/mol. The van der Waals surface area contributed by atoms with Gasteiger partial charge in [0.1, 0.15) is 5.78 Å². The minimum atomic E-state index is 0.269. The van der Waals surface area contributed by atoms with Gasteiger partial charge in [0.2, 0.25) is 0 Å². The van der Waals surface area contributed by atoms with Crippen molar-refractivity contribution >= 4 is 29.1 Å². The first-order valence-corrected chi connectivity index (χ1v) is 7.65. The van der Waals surface area contributed by atoms with Crippen molar-refractivity contribution in [2.45, 2.75) is 12.2 Å². The van der Waals surface area contributed by atoms with Crippen molar-refractivity contribution in [3.05, 3.63) is 70.7 Å². The van der Waals surface area contributed by atoms with Crippen molar-refractivity contribution in [1.29, 1.82) is 0 Å². The summed E-state index contributed by atoms with van der Waals surface area (Å²) < 4.78 is 0. The molecule has 2 rings (SSSR count). The highest BCUT2D eigenvalue weighted by Gasteiger charge is 2.04. The fourth-order valence-corrected chi connectivity index (χ4v) is 2.72. The first kappa shape index (κ1) is 14.2. The van der Waals surface area contributed by atoms with E-state index in [9.17, 15) is 4.79 Å². The molecule has 0 aliphatic carbocycles.